The Morgan fingerprint density at radius 3 is 2.44 bits per heavy atom. The van der Waals surface area contributed by atoms with E-state index in [0.29, 0.717) is 11.3 Å². The number of amides is 3. The molecule has 4 N–H and O–H groups in total. The molecule has 5 heteroatoms. The molecule has 0 heterocycles. The van der Waals surface area contributed by atoms with Gasteiger partial charge < -0.3 is 11.1 Å². The van der Waals surface area contributed by atoms with Gasteiger partial charge in [-0.2, -0.15) is 0 Å². The molecule has 0 aromatic heterocycles. The summed E-state index contributed by atoms with van der Waals surface area (Å²) in [5.41, 5.74) is 7.48. The predicted octanol–water partition coefficient (Wildman–Crippen LogP) is 2.02. The summed E-state index contributed by atoms with van der Waals surface area (Å²) in [7, 11) is 0. The number of hydrogen-bond donors (Lipinski definition) is 3. The van der Waals surface area contributed by atoms with Gasteiger partial charge in [0.25, 0.3) is 5.91 Å². The smallest absolute Gasteiger partial charge is 0.325 e. The van der Waals surface area contributed by atoms with Crippen LogP contribution in [0.3, 0.4) is 0 Å². The van der Waals surface area contributed by atoms with Gasteiger partial charge in [-0.05, 0) is 37.6 Å². The molecule has 0 aliphatic carbocycles. The van der Waals surface area contributed by atoms with Crippen LogP contribution in [0.5, 0.6) is 0 Å². The molecule has 1 rings (SSSR count). The van der Waals surface area contributed by atoms with Gasteiger partial charge in [0, 0.05) is 17.5 Å². The van der Waals surface area contributed by atoms with Gasteiger partial charge >= 0.3 is 6.03 Å². The quantitative estimate of drug-likeness (QED) is 0.714. The highest BCUT2D eigenvalue weighted by Gasteiger charge is 2.08. The van der Waals surface area contributed by atoms with Gasteiger partial charge in [0.2, 0.25) is 0 Å². The van der Waals surface area contributed by atoms with E-state index in [-0.39, 0.29) is 0 Å². The molecular formula is C13H17N3O2. The summed E-state index contributed by atoms with van der Waals surface area (Å²) in [6.07, 6.45) is 2.41. The van der Waals surface area contributed by atoms with Crippen molar-refractivity contribution in [2.45, 2.75) is 20.3 Å². The molecule has 0 spiro atoms. The highest BCUT2D eigenvalue weighted by Crippen LogP contribution is 2.04. The van der Waals surface area contributed by atoms with Crippen LogP contribution in [0, 0.1) is 0 Å². The maximum Gasteiger partial charge on any atom is 0.325 e. The van der Waals surface area contributed by atoms with Crippen molar-refractivity contribution in [3.8, 4) is 0 Å². The lowest BCUT2D eigenvalue weighted by Crippen LogP contribution is -2.37. The number of nitrogens with two attached hydrogens (primary N) is 1. The number of carbonyl (C=O) groups excluding carboxylic acids is 2. The number of nitrogens with one attached hydrogen (secondary N) is 2. The minimum atomic E-state index is -0.551. The standard InChI is InChI=1S/C13H17N3O2/c1-3-9(2)8-15-13(18)16-12(17)10-4-6-11(14)7-5-10/h4-8H,3,14H2,1-2H3,(H2,15,16,17,18)/b9-8+. The van der Waals surface area contributed by atoms with Crippen LogP contribution in [0.4, 0.5) is 10.5 Å². The average Bonchev–Trinajstić information content (AvgIpc) is 2.36. The van der Waals surface area contributed by atoms with Crippen molar-refractivity contribution in [2.24, 2.45) is 0 Å². The molecule has 0 saturated carbocycles. The van der Waals surface area contributed by atoms with Crippen LogP contribution in [0.25, 0.3) is 0 Å². The van der Waals surface area contributed by atoms with Gasteiger partial charge in [0.05, 0.1) is 0 Å². The number of hydrogen-bond acceptors (Lipinski definition) is 3. The molecule has 0 fully saturated rings. The molecule has 96 valence electrons. The number of urea groups is 1. The zero-order valence-corrected chi connectivity index (χ0v) is 10.5. The molecule has 0 radical (unpaired) electrons. The first kappa shape index (κ1) is 13.8. The Hall–Kier alpha value is -2.30. The third kappa shape index (κ3) is 4.29. The van der Waals surface area contributed by atoms with Crippen molar-refractivity contribution in [2.75, 3.05) is 5.73 Å². The van der Waals surface area contributed by atoms with Gasteiger partial charge in [-0.25, -0.2) is 4.79 Å². The SMILES string of the molecule is CC/C(C)=C/NC(=O)NC(=O)c1ccc(N)cc1. The summed E-state index contributed by atoms with van der Waals surface area (Å²) in [4.78, 5) is 23.0. The lowest BCUT2D eigenvalue weighted by Gasteiger charge is -2.04. The van der Waals surface area contributed by atoms with E-state index < -0.39 is 11.9 Å². The van der Waals surface area contributed by atoms with Crippen molar-refractivity contribution >= 4 is 17.6 Å². The first-order chi connectivity index (χ1) is 8.52. The van der Waals surface area contributed by atoms with Gasteiger partial charge in [-0.15, -0.1) is 0 Å². The second kappa shape index (κ2) is 6.44. The third-order valence-electron chi connectivity index (χ3n) is 2.41. The Bertz CT molecular complexity index is 464. The number of imide groups is 1. The average molecular weight is 247 g/mol. The molecule has 0 bridgehead atoms. The van der Waals surface area contributed by atoms with Crippen molar-refractivity contribution in [1.29, 1.82) is 0 Å². The lowest BCUT2D eigenvalue weighted by molar-refractivity contribution is 0.0965. The number of benzene rings is 1. The van der Waals surface area contributed by atoms with Crippen molar-refractivity contribution in [3.63, 3.8) is 0 Å². The zero-order valence-electron chi connectivity index (χ0n) is 10.5. The van der Waals surface area contributed by atoms with Crippen LogP contribution in [0.15, 0.2) is 36.0 Å². The van der Waals surface area contributed by atoms with E-state index in [1.165, 1.54) is 0 Å². The minimum absolute atomic E-state index is 0.385. The van der Waals surface area contributed by atoms with Crippen LogP contribution in [-0.4, -0.2) is 11.9 Å². The van der Waals surface area contributed by atoms with E-state index in [0.717, 1.165) is 12.0 Å². The summed E-state index contributed by atoms with van der Waals surface area (Å²) in [5, 5.41) is 4.71. The third-order valence-corrected chi connectivity index (χ3v) is 2.41. The van der Waals surface area contributed by atoms with Crippen LogP contribution in [-0.2, 0) is 0 Å². The number of carbonyl (C=O) groups is 2. The number of nitrogen functional groups attached to an aromatic ring is 1. The molecule has 0 aliphatic heterocycles. The lowest BCUT2D eigenvalue weighted by atomic mass is 10.2. The monoisotopic (exact) mass is 247 g/mol. The molecule has 0 unspecified atom stereocenters. The van der Waals surface area contributed by atoms with Crippen molar-refractivity contribution in [3.05, 3.63) is 41.6 Å². The second-order valence-electron chi connectivity index (χ2n) is 3.89. The Balaban J connectivity index is 2.55. The summed E-state index contributed by atoms with van der Waals surface area (Å²) >= 11 is 0. The second-order valence-corrected chi connectivity index (χ2v) is 3.89. The molecule has 1 aromatic rings. The summed E-state index contributed by atoms with van der Waals surface area (Å²) in [6.45, 7) is 3.87. The Labute approximate surface area is 106 Å². The van der Waals surface area contributed by atoms with Crippen LogP contribution in [0.1, 0.15) is 30.6 Å². The van der Waals surface area contributed by atoms with E-state index in [9.17, 15) is 9.59 Å². The summed E-state index contributed by atoms with van der Waals surface area (Å²) in [5.74, 6) is -0.463. The largest absolute Gasteiger partial charge is 0.399 e. The topological polar surface area (TPSA) is 84.2 Å². The number of rotatable bonds is 3. The maximum atomic E-state index is 11.6. The van der Waals surface area contributed by atoms with Crippen molar-refractivity contribution < 1.29 is 9.59 Å². The fourth-order valence-corrected chi connectivity index (χ4v) is 1.14. The molecular weight excluding hydrogens is 230 g/mol. The van der Waals surface area contributed by atoms with E-state index in [1.807, 2.05) is 13.8 Å². The molecule has 0 atom stereocenters. The Morgan fingerprint density at radius 1 is 1.28 bits per heavy atom. The van der Waals surface area contributed by atoms with Gasteiger partial charge in [-0.3, -0.25) is 10.1 Å². The van der Waals surface area contributed by atoms with E-state index in [2.05, 4.69) is 10.6 Å². The minimum Gasteiger partial charge on any atom is -0.399 e. The fourth-order valence-electron chi connectivity index (χ4n) is 1.14. The van der Waals surface area contributed by atoms with Gasteiger partial charge in [-0.1, -0.05) is 12.5 Å². The summed E-state index contributed by atoms with van der Waals surface area (Å²) < 4.78 is 0. The van der Waals surface area contributed by atoms with E-state index in [4.69, 9.17) is 5.73 Å². The maximum absolute atomic E-state index is 11.6. The molecule has 1 aromatic carbocycles. The molecule has 3 amide bonds. The predicted molar refractivity (Wildman–Crippen MR) is 70.9 cm³/mol. The highest BCUT2D eigenvalue weighted by molar-refractivity contribution is 6.04. The first-order valence-electron chi connectivity index (χ1n) is 5.66. The number of anilines is 1. The fraction of sp³-hybridized carbons (Fsp3) is 0.231. The first-order valence-corrected chi connectivity index (χ1v) is 5.66. The van der Waals surface area contributed by atoms with Crippen LogP contribution >= 0.6 is 0 Å². The Morgan fingerprint density at radius 2 is 1.89 bits per heavy atom. The van der Waals surface area contributed by atoms with E-state index in [1.54, 1.807) is 30.5 Å². The molecule has 5 nitrogen and oxygen atoms in total. The van der Waals surface area contributed by atoms with Crippen LogP contribution < -0.4 is 16.4 Å². The van der Waals surface area contributed by atoms with E-state index >= 15 is 0 Å². The summed E-state index contributed by atoms with van der Waals surface area (Å²) in [6, 6.07) is 5.78. The van der Waals surface area contributed by atoms with Crippen LogP contribution in [0.2, 0.25) is 0 Å². The molecule has 18 heavy (non-hydrogen) atoms. The zero-order chi connectivity index (χ0) is 13.5. The highest BCUT2D eigenvalue weighted by atomic mass is 16.2. The number of allylic oxidation sites excluding steroid dienone is 1. The van der Waals surface area contributed by atoms with Gasteiger partial charge in [0.1, 0.15) is 0 Å². The molecule has 0 aliphatic rings. The van der Waals surface area contributed by atoms with Gasteiger partial charge in [0.15, 0.2) is 0 Å². The Kier molecular flexibility index (Phi) is 4.92. The molecule has 0 saturated heterocycles. The normalized spacial score (nSPS) is 10.9. The van der Waals surface area contributed by atoms with Crippen molar-refractivity contribution in [1.82, 2.24) is 10.6 Å².